The van der Waals surface area contributed by atoms with Crippen molar-refractivity contribution in [3.63, 3.8) is 0 Å². The fourth-order valence-corrected chi connectivity index (χ4v) is 4.40. The van der Waals surface area contributed by atoms with Gasteiger partial charge in [0.15, 0.2) is 0 Å². The second kappa shape index (κ2) is 8.02. The molecule has 0 aromatic heterocycles. The molecule has 2 aromatic carbocycles. The summed E-state index contributed by atoms with van der Waals surface area (Å²) in [5.41, 5.74) is -2.83. The number of amides is 1. The Balaban J connectivity index is 1.50. The summed E-state index contributed by atoms with van der Waals surface area (Å²) in [5.74, 6) is -1.27. The maximum absolute atomic E-state index is 14.3. The van der Waals surface area contributed by atoms with E-state index in [1.165, 1.54) is 18.2 Å². The van der Waals surface area contributed by atoms with Crippen molar-refractivity contribution in [2.45, 2.75) is 49.4 Å². The van der Waals surface area contributed by atoms with E-state index >= 15 is 0 Å². The van der Waals surface area contributed by atoms with Gasteiger partial charge in [-0.3, -0.25) is 4.79 Å². The molecule has 4 N–H and O–H groups in total. The van der Waals surface area contributed by atoms with Gasteiger partial charge in [-0.2, -0.15) is 0 Å². The Morgan fingerprint density at radius 3 is 2.61 bits per heavy atom. The van der Waals surface area contributed by atoms with Gasteiger partial charge in [0, 0.05) is 29.0 Å². The Bertz CT molecular complexity index is 1040. The summed E-state index contributed by atoms with van der Waals surface area (Å²) in [4.78, 5) is 11.6. The zero-order valence-corrected chi connectivity index (χ0v) is 17.3. The molecule has 3 atom stereocenters. The van der Waals surface area contributed by atoms with E-state index in [-0.39, 0.29) is 60.9 Å². The third-order valence-corrected chi connectivity index (χ3v) is 6.35. The van der Waals surface area contributed by atoms with Gasteiger partial charge >= 0.3 is 0 Å². The quantitative estimate of drug-likeness (QED) is 0.570. The van der Waals surface area contributed by atoms with Crippen LogP contribution in [0.25, 0.3) is 0 Å². The van der Waals surface area contributed by atoms with Crippen LogP contribution >= 0.6 is 11.6 Å². The number of aliphatic hydroxyl groups is 3. The molecule has 2 aliphatic rings. The average Bonchev–Trinajstić information content (AvgIpc) is 2.71. The van der Waals surface area contributed by atoms with E-state index < -0.39 is 28.9 Å². The fourth-order valence-electron chi connectivity index (χ4n) is 4.24. The first-order valence-electron chi connectivity index (χ1n) is 9.94. The monoisotopic (exact) mass is 453 g/mol. The zero-order chi connectivity index (χ0) is 22.4. The van der Waals surface area contributed by atoms with Gasteiger partial charge in [0.05, 0.1) is 17.4 Å². The molecule has 1 heterocycles. The number of carbonyl (C=O) groups is 1. The molecule has 2 aromatic rings. The Hall–Kier alpha value is -2.26. The van der Waals surface area contributed by atoms with Gasteiger partial charge in [0.1, 0.15) is 29.6 Å². The summed E-state index contributed by atoms with van der Waals surface area (Å²) in [7, 11) is 0. The highest BCUT2D eigenvalue weighted by Crippen LogP contribution is 2.43. The van der Waals surface area contributed by atoms with Gasteiger partial charge in [-0.25, -0.2) is 8.78 Å². The molecule has 0 bridgehead atoms. The van der Waals surface area contributed by atoms with E-state index in [0.717, 1.165) is 12.1 Å². The second-order valence-electron chi connectivity index (χ2n) is 8.22. The van der Waals surface area contributed by atoms with Crippen LogP contribution in [0.5, 0.6) is 5.75 Å². The summed E-state index contributed by atoms with van der Waals surface area (Å²) in [5, 5.41) is 35.2. The van der Waals surface area contributed by atoms with Gasteiger partial charge in [-0.15, -0.1) is 0 Å². The standard InChI is InChI=1S/C22H22ClF2NO5/c23-12-1-3-14(16(25)9-12)21(29)7-8-22(30,18(27)10-21)11-31-17-5-4-15(24)20-13(17)2-6-19(28)26-20/h1,3-5,9,18,27,29-30H,2,6-8,10-11H2,(H,26,28)/t18-,21+,22-/m1/s1. The van der Waals surface area contributed by atoms with E-state index in [2.05, 4.69) is 5.32 Å². The SMILES string of the molecule is O=C1CCc2c(OC[C@]3(O)CC[C@@](O)(c4ccc(Cl)cc4F)C[C@H]3O)ccc(F)c2N1. The van der Waals surface area contributed by atoms with Crippen LogP contribution in [0, 0.1) is 11.6 Å². The molecule has 166 valence electrons. The topological polar surface area (TPSA) is 99.0 Å². The first kappa shape index (κ1) is 22.0. The van der Waals surface area contributed by atoms with Crippen LogP contribution in [-0.2, 0) is 16.8 Å². The zero-order valence-electron chi connectivity index (χ0n) is 16.5. The fraction of sp³-hybridized carbons (Fsp3) is 0.409. The second-order valence-corrected chi connectivity index (χ2v) is 8.65. The molecule has 0 spiro atoms. The number of benzene rings is 2. The van der Waals surface area contributed by atoms with Crippen molar-refractivity contribution in [1.29, 1.82) is 0 Å². The molecule has 6 nitrogen and oxygen atoms in total. The van der Waals surface area contributed by atoms with E-state index in [4.69, 9.17) is 16.3 Å². The minimum absolute atomic E-state index is 0.00210. The number of hydrogen-bond acceptors (Lipinski definition) is 5. The summed E-state index contributed by atoms with van der Waals surface area (Å²) in [6, 6.07) is 6.46. The Labute approximate surface area is 182 Å². The van der Waals surface area contributed by atoms with Gasteiger partial charge in [0.25, 0.3) is 0 Å². The number of anilines is 1. The minimum Gasteiger partial charge on any atom is -0.490 e. The first-order valence-corrected chi connectivity index (χ1v) is 10.3. The molecular formula is C22H22ClF2NO5. The molecule has 1 fully saturated rings. The van der Waals surface area contributed by atoms with Crippen molar-refractivity contribution < 1.29 is 33.6 Å². The highest BCUT2D eigenvalue weighted by molar-refractivity contribution is 6.30. The molecule has 4 rings (SSSR count). The third-order valence-electron chi connectivity index (χ3n) is 6.12. The molecule has 1 aliphatic carbocycles. The molecule has 1 saturated carbocycles. The lowest BCUT2D eigenvalue weighted by atomic mass is 9.71. The predicted molar refractivity (Wildman–Crippen MR) is 109 cm³/mol. The molecule has 1 aliphatic heterocycles. The minimum atomic E-state index is -1.70. The number of hydrogen-bond donors (Lipinski definition) is 4. The van der Waals surface area contributed by atoms with Gasteiger partial charge in [-0.05, 0) is 43.5 Å². The Kier molecular flexibility index (Phi) is 5.68. The lowest BCUT2D eigenvalue weighted by molar-refractivity contribution is -0.172. The lowest BCUT2D eigenvalue weighted by Crippen LogP contribution is -2.55. The van der Waals surface area contributed by atoms with Crippen molar-refractivity contribution in [2.75, 3.05) is 11.9 Å². The Morgan fingerprint density at radius 2 is 1.90 bits per heavy atom. The highest BCUT2D eigenvalue weighted by Gasteiger charge is 2.49. The first-order chi connectivity index (χ1) is 14.6. The third kappa shape index (κ3) is 4.13. The number of halogens is 3. The number of carbonyl (C=O) groups excluding carboxylic acids is 1. The van der Waals surface area contributed by atoms with E-state index in [1.807, 2.05) is 0 Å². The van der Waals surface area contributed by atoms with E-state index in [0.29, 0.717) is 11.3 Å². The molecule has 0 saturated heterocycles. The van der Waals surface area contributed by atoms with Gasteiger partial charge in [-0.1, -0.05) is 17.7 Å². The number of nitrogens with one attached hydrogen (secondary N) is 1. The van der Waals surface area contributed by atoms with Crippen LogP contribution in [0.1, 0.15) is 36.8 Å². The summed E-state index contributed by atoms with van der Waals surface area (Å²) in [6.07, 6.45) is -1.32. The highest BCUT2D eigenvalue weighted by atomic mass is 35.5. The lowest BCUT2D eigenvalue weighted by Gasteiger charge is -2.44. The maximum Gasteiger partial charge on any atom is 0.224 e. The normalized spacial score (nSPS) is 28.1. The van der Waals surface area contributed by atoms with Crippen LogP contribution < -0.4 is 10.1 Å². The largest absolute Gasteiger partial charge is 0.490 e. The van der Waals surface area contributed by atoms with E-state index in [9.17, 15) is 28.9 Å². The number of ether oxygens (including phenoxy) is 1. The van der Waals surface area contributed by atoms with Crippen molar-refractivity contribution >= 4 is 23.2 Å². The molecule has 9 heteroatoms. The molecule has 1 amide bonds. The number of rotatable bonds is 4. The molecule has 0 unspecified atom stereocenters. The Morgan fingerprint density at radius 1 is 1.13 bits per heavy atom. The van der Waals surface area contributed by atoms with Crippen LogP contribution in [-0.4, -0.2) is 39.5 Å². The number of fused-ring (bicyclic) bond motifs is 1. The smallest absolute Gasteiger partial charge is 0.224 e. The van der Waals surface area contributed by atoms with Gasteiger partial charge in [0.2, 0.25) is 5.91 Å². The predicted octanol–water partition coefficient (Wildman–Crippen LogP) is 3.05. The summed E-state index contributed by atoms with van der Waals surface area (Å²) < 4.78 is 34.1. The van der Waals surface area contributed by atoms with Crippen LogP contribution in [0.3, 0.4) is 0 Å². The van der Waals surface area contributed by atoms with E-state index in [1.54, 1.807) is 0 Å². The molecular weight excluding hydrogens is 432 g/mol. The molecule has 0 radical (unpaired) electrons. The summed E-state index contributed by atoms with van der Waals surface area (Å²) >= 11 is 5.77. The molecule has 31 heavy (non-hydrogen) atoms. The number of aliphatic hydroxyl groups excluding tert-OH is 1. The average molecular weight is 454 g/mol. The van der Waals surface area contributed by atoms with Crippen LogP contribution in [0.15, 0.2) is 30.3 Å². The van der Waals surface area contributed by atoms with Crippen LogP contribution in [0.2, 0.25) is 5.02 Å². The van der Waals surface area contributed by atoms with Crippen molar-refractivity contribution in [3.05, 3.63) is 58.1 Å². The van der Waals surface area contributed by atoms with Crippen molar-refractivity contribution in [3.8, 4) is 5.75 Å². The maximum atomic E-state index is 14.3. The van der Waals surface area contributed by atoms with Crippen LogP contribution in [0.4, 0.5) is 14.5 Å². The summed E-state index contributed by atoms with van der Waals surface area (Å²) in [6.45, 7) is -0.320. The van der Waals surface area contributed by atoms with Gasteiger partial charge < -0.3 is 25.4 Å². The van der Waals surface area contributed by atoms with Crippen molar-refractivity contribution in [2.24, 2.45) is 0 Å². The van der Waals surface area contributed by atoms with Crippen molar-refractivity contribution in [1.82, 2.24) is 0 Å².